The summed E-state index contributed by atoms with van der Waals surface area (Å²) >= 11 is 0. The highest BCUT2D eigenvalue weighted by Gasteiger charge is 2.12. The predicted octanol–water partition coefficient (Wildman–Crippen LogP) is 2.67. The van der Waals surface area contributed by atoms with E-state index in [4.69, 9.17) is 0 Å². The Labute approximate surface area is 112 Å². The van der Waals surface area contributed by atoms with E-state index in [1.54, 1.807) is 0 Å². The summed E-state index contributed by atoms with van der Waals surface area (Å²) in [6, 6.07) is 10.1. The summed E-state index contributed by atoms with van der Waals surface area (Å²) in [6.07, 6.45) is 1.26. The van der Waals surface area contributed by atoms with E-state index in [1.165, 1.54) is 11.6 Å². The zero-order valence-electron chi connectivity index (χ0n) is 11.2. The third-order valence-electron chi connectivity index (χ3n) is 2.99. The zero-order valence-corrected chi connectivity index (χ0v) is 11.2. The van der Waals surface area contributed by atoms with Gasteiger partial charge in [0.1, 0.15) is 0 Å². The Kier molecular flexibility index (Phi) is 3.80. The molecule has 0 radical (unpaired) electrons. The molecule has 1 aromatic carbocycles. The number of carbonyl (C=O) groups is 1. The van der Waals surface area contributed by atoms with E-state index >= 15 is 0 Å². The molecule has 98 valence electrons. The molecule has 2 aromatic rings. The first-order chi connectivity index (χ1) is 9.11. The van der Waals surface area contributed by atoms with Crippen molar-refractivity contribution in [3.8, 4) is 0 Å². The summed E-state index contributed by atoms with van der Waals surface area (Å²) in [4.78, 5) is 11.4. The molecule has 1 heterocycles. The molecule has 19 heavy (non-hydrogen) atoms. The maximum Gasteiger partial charge on any atom is 0.247 e. The lowest BCUT2D eigenvalue weighted by Crippen LogP contribution is -2.09. The highest BCUT2D eigenvalue weighted by molar-refractivity contribution is 5.99. The lowest BCUT2D eigenvalue weighted by atomic mass is 10.2. The monoisotopic (exact) mass is 255 g/mol. The average Bonchev–Trinajstić information content (AvgIpc) is 2.67. The molecule has 0 aliphatic heterocycles. The summed E-state index contributed by atoms with van der Waals surface area (Å²) < 4.78 is 1.89. The maximum atomic E-state index is 11.4. The third-order valence-corrected chi connectivity index (χ3v) is 2.99. The van der Waals surface area contributed by atoms with Crippen LogP contribution in [0.3, 0.4) is 0 Å². The quantitative estimate of drug-likeness (QED) is 0.854. The average molecular weight is 255 g/mol. The second-order valence-electron chi connectivity index (χ2n) is 4.38. The number of aryl methyl sites for hydroxylation is 1. The van der Waals surface area contributed by atoms with Crippen LogP contribution >= 0.6 is 0 Å². The van der Waals surface area contributed by atoms with Crippen LogP contribution in [0, 0.1) is 13.8 Å². The van der Waals surface area contributed by atoms with E-state index in [0.29, 0.717) is 6.54 Å². The first-order valence-electron chi connectivity index (χ1n) is 6.13. The maximum absolute atomic E-state index is 11.4. The van der Waals surface area contributed by atoms with Crippen LogP contribution in [0.25, 0.3) is 0 Å². The number of amides is 1. The van der Waals surface area contributed by atoms with Crippen molar-refractivity contribution in [3.05, 3.63) is 59.9 Å². The van der Waals surface area contributed by atoms with Gasteiger partial charge in [-0.25, -0.2) is 0 Å². The number of nitrogens with one attached hydrogen (secondary N) is 1. The summed E-state index contributed by atoms with van der Waals surface area (Å²) in [7, 11) is 0. The van der Waals surface area contributed by atoms with Crippen LogP contribution in [0.2, 0.25) is 0 Å². The molecule has 2 rings (SSSR count). The Hall–Kier alpha value is -2.36. The normalized spacial score (nSPS) is 10.2. The molecule has 4 nitrogen and oxygen atoms in total. The van der Waals surface area contributed by atoms with Crippen molar-refractivity contribution in [3.63, 3.8) is 0 Å². The van der Waals surface area contributed by atoms with Gasteiger partial charge in [0.2, 0.25) is 5.91 Å². The van der Waals surface area contributed by atoms with Gasteiger partial charge in [-0.15, -0.1) is 0 Å². The van der Waals surface area contributed by atoms with E-state index in [0.717, 1.165) is 17.1 Å². The van der Waals surface area contributed by atoms with Gasteiger partial charge in [0.15, 0.2) is 0 Å². The standard InChI is InChI=1S/C15H17N3O/c1-4-14(19)16-15-11(2)17-18(12(15)3)10-13-8-6-5-7-9-13/h4-9H,1,10H2,2-3H3,(H,16,19). The van der Waals surface area contributed by atoms with Crippen LogP contribution in [0.4, 0.5) is 5.69 Å². The first-order valence-corrected chi connectivity index (χ1v) is 6.13. The number of carbonyl (C=O) groups excluding carboxylic acids is 1. The second kappa shape index (κ2) is 5.52. The molecule has 1 aromatic heterocycles. The Bertz CT molecular complexity index is 599. The van der Waals surface area contributed by atoms with Crippen LogP contribution in [0.15, 0.2) is 43.0 Å². The third kappa shape index (κ3) is 2.91. The highest BCUT2D eigenvalue weighted by Crippen LogP contribution is 2.20. The Balaban J connectivity index is 2.26. The lowest BCUT2D eigenvalue weighted by molar-refractivity contribution is -0.111. The Morgan fingerprint density at radius 2 is 2.05 bits per heavy atom. The smallest absolute Gasteiger partial charge is 0.247 e. The summed E-state index contributed by atoms with van der Waals surface area (Å²) in [6.45, 7) is 7.97. The molecule has 0 saturated heterocycles. The van der Waals surface area contributed by atoms with Gasteiger partial charge in [0, 0.05) is 0 Å². The van der Waals surface area contributed by atoms with E-state index in [-0.39, 0.29) is 5.91 Å². The lowest BCUT2D eigenvalue weighted by Gasteiger charge is -2.06. The number of benzene rings is 1. The van der Waals surface area contributed by atoms with E-state index in [2.05, 4.69) is 29.1 Å². The van der Waals surface area contributed by atoms with Gasteiger partial charge in [-0.2, -0.15) is 5.10 Å². The fraction of sp³-hybridized carbons (Fsp3) is 0.200. The van der Waals surface area contributed by atoms with Crippen LogP contribution in [-0.2, 0) is 11.3 Å². The van der Waals surface area contributed by atoms with Crippen molar-refractivity contribution >= 4 is 11.6 Å². The molecule has 1 N–H and O–H groups in total. The van der Waals surface area contributed by atoms with Crippen molar-refractivity contribution in [1.29, 1.82) is 0 Å². The summed E-state index contributed by atoms with van der Waals surface area (Å²) in [5.74, 6) is -0.217. The highest BCUT2D eigenvalue weighted by atomic mass is 16.1. The molecule has 0 saturated carbocycles. The van der Waals surface area contributed by atoms with Crippen molar-refractivity contribution in [2.24, 2.45) is 0 Å². The van der Waals surface area contributed by atoms with Crippen LogP contribution in [0.5, 0.6) is 0 Å². The zero-order chi connectivity index (χ0) is 13.8. The number of aromatic nitrogens is 2. The molecule has 0 spiro atoms. The van der Waals surface area contributed by atoms with Crippen molar-refractivity contribution in [2.45, 2.75) is 20.4 Å². The molecule has 1 amide bonds. The number of nitrogens with zero attached hydrogens (tertiary/aromatic N) is 2. The van der Waals surface area contributed by atoms with Crippen LogP contribution in [0.1, 0.15) is 17.0 Å². The number of anilines is 1. The molecule has 0 aliphatic carbocycles. The van der Waals surface area contributed by atoms with Crippen molar-refractivity contribution in [1.82, 2.24) is 9.78 Å². The van der Waals surface area contributed by atoms with Crippen LogP contribution in [-0.4, -0.2) is 15.7 Å². The van der Waals surface area contributed by atoms with Gasteiger partial charge in [-0.05, 0) is 25.5 Å². The van der Waals surface area contributed by atoms with Gasteiger partial charge in [-0.1, -0.05) is 36.9 Å². The fourth-order valence-electron chi connectivity index (χ4n) is 1.96. The predicted molar refractivity (Wildman–Crippen MR) is 76.1 cm³/mol. The summed E-state index contributed by atoms with van der Waals surface area (Å²) in [5.41, 5.74) is 3.69. The number of hydrogen-bond acceptors (Lipinski definition) is 2. The van der Waals surface area contributed by atoms with Crippen LogP contribution < -0.4 is 5.32 Å². The molecular weight excluding hydrogens is 238 g/mol. The SMILES string of the molecule is C=CC(=O)Nc1c(C)nn(Cc2ccccc2)c1C. The van der Waals surface area contributed by atoms with Gasteiger partial charge in [0.25, 0.3) is 0 Å². The van der Waals surface area contributed by atoms with Crippen molar-refractivity contribution in [2.75, 3.05) is 5.32 Å². The minimum absolute atomic E-state index is 0.217. The molecule has 0 fully saturated rings. The molecule has 0 unspecified atom stereocenters. The number of hydrogen-bond donors (Lipinski definition) is 1. The molecule has 0 aliphatic rings. The van der Waals surface area contributed by atoms with Gasteiger partial charge < -0.3 is 5.32 Å². The Morgan fingerprint density at radius 3 is 2.68 bits per heavy atom. The van der Waals surface area contributed by atoms with Gasteiger partial charge in [0.05, 0.1) is 23.6 Å². The molecular formula is C15H17N3O. The van der Waals surface area contributed by atoms with E-state index < -0.39 is 0 Å². The largest absolute Gasteiger partial charge is 0.319 e. The summed E-state index contributed by atoms with van der Waals surface area (Å²) in [5, 5.41) is 7.25. The molecule has 0 bridgehead atoms. The van der Waals surface area contributed by atoms with Gasteiger partial charge >= 0.3 is 0 Å². The molecule has 0 atom stereocenters. The van der Waals surface area contributed by atoms with Gasteiger partial charge in [-0.3, -0.25) is 9.48 Å². The minimum atomic E-state index is -0.217. The minimum Gasteiger partial charge on any atom is -0.319 e. The topological polar surface area (TPSA) is 46.9 Å². The van der Waals surface area contributed by atoms with Crippen molar-refractivity contribution < 1.29 is 4.79 Å². The molecule has 4 heteroatoms. The van der Waals surface area contributed by atoms with E-state index in [1.807, 2.05) is 36.7 Å². The first kappa shape index (κ1) is 13.1. The van der Waals surface area contributed by atoms with E-state index in [9.17, 15) is 4.79 Å². The second-order valence-corrected chi connectivity index (χ2v) is 4.38. The fourth-order valence-corrected chi connectivity index (χ4v) is 1.96. The number of rotatable bonds is 4. The Morgan fingerprint density at radius 1 is 1.37 bits per heavy atom.